The monoisotopic (exact) mass is 187 g/mol. The summed E-state index contributed by atoms with van der Waals surface area (Å²) in [5.41, 5.74) is 0. The molecule has 0 rings (SSSR count). The highest BCUT2D eigenvalue weighted by Crippen LogP contribution is 2.03. The first-order valence-corrected chi connectivity index (χ1v) is 5.69. The summed E-state index contributed by atoms with van der Waals surface area (Å²) in [5, 5.41) is 12.1. The molecule has 0 aromatic rings. The maximum absolute atomic E-state index is 8.60. The molecule has 0 spiro atoms. The van der Waals surface area contributed by atoms with Crippen molar-refractivity contribution in [2.75, 3.05) is 13.2 Å². The van der Waals surface area contributed by atoms with E-state index in [1.807, 2.05) is 0 Å². The topological polar surface area (TPSA) is 32.3 Å². The molecule has 1 unspecified atom stereocenters. The first-order chi connectivity index (χ1) is 6.35. The fourth-order valence-corrected chi connectivity index (χ4v) is 1.44. The zero-order chi connectivity index (χ0) is 9.94. The van der Waals surface area contributed by atoms with Gasteiger partial charge in [-0.05, 0) is 32.2 Å². The highest BCUT2D eigenvalue weighted by atomic mass is 16.2. The summed E-state index contributed by atoms with van der Waals surface area (Å²) in [6, 6.07) is 0.693. The molecule has 0 amide bonds. The molecule has 0 aromatic heterocycles. The van der Waals surface area contributed by atoms with E-state index < -0.39 is 0 Å². The first kappa shape index (κ1) is 12.9. The van der Waals surface area contributed by atoms with Crippen LogP contribution in [-0.4, -0.2) is 24.3 Å². The SMILES string of the molecule is CCCCC(CC)NCCCCO. The average molecular weight is 187 g/mol. The Kier molecular flexibility index (Phi) is 9.94. The number of hydrogen-bond donors (Lipinski definition) is 2. The number of unbranched alkanes of at least 4 members (excludes halogenated alkanes) is 2. The summed E-state index contributed by atoms with van der Waals surface area (Å²) in [5.74, 6) is 0. The van der Waals surface area contributed by atoms with Gasteiger partial charge in [-0.25, -0.2) is 0 Å². The molecule has 0 fully saturated rings. The molecule has 0 aromatic carbocycles. The molecular weight excluding hydrogens is 162 g/mol. The van der Waals surface area contributed by atoms with E-state index in [9.17, 15) is 0 Å². The van der Waals surface area contributed by atoms with Gasteiger partial charge in [-0.15, -0.1) is 0 Å². The van der Waals surface area contributed by atoms with Crippen LogP contribution >= 0.6 is 0 Å². The van der Waals surface area contributed by atoms with Gasteiger partial charge in [0.15, 0.2) is 0 Å². The predicted octanol–water partition coefficient (Wildman–Crippen LogP) is 2.32. The summed E-state index contributed by atoms with van der Waals surface area (Å²) in [7, 11) is 0. The molecule has 13 heavy (non-hydrogen) atoms. The minimum atomic E-state index is 0.327. The lowest BCUT2D eigenvalue weighted by Crippen LogP contribution is -2.29. The third-order valence-electron chi connectivity index (χ3n) is 2.42. The summed E-state index contributed by atoms with van der Waals surface area (Å²) in [4.78, 5) is 0. The maximum atomic E-state index is 8.60. The van der Waals surface area contributed by atoms with Crippen LogP contribution in [0.4, 0.5) is 0 Å². The summed E-state index contributed by atoms with van der Waals surface area (Å²) < 4.78 is 0. The van der Waals surface area contributed by atoms with Crippen LogP contribution < -0.4 is 5.32 Å². The van der Waals surface area contributed by atoms with Gasteiger partial charge in [-0.3, -0.25) is 0 Å². The average Bonchev–Trinajstić information content (AvgIpc) is 2.17. The molecule has 2 N–H and O–H groups in total. The molecular formula is C11H25NO. The molecule has 1 atom stereocenters. The van der Waals surface area contributed by atoms with Crippen molar-refractivity contribution in [3.8, 4) is 0 Å². The Morgan fingerprint density at radius 3 is 2.46 bits per heavy atom. The molecule has 2 nitrogen and oxygen atoms in total. The van der Waals surface area contributed by atoms with Crippen molar-refractivity contribution in [2.24, 2.45) is 0 Å². The van der Waals surface area contributed by atoms with Crippen LogP contribution in [0, 0.1) is 0 Å². The van der Waals surface area contributed by atoms with Gasteiger partial charge in [0.2, 0.25) is 0 Å². The van der Waals surface area contributed by atoms with Crippen LogP contribution in [0.3, 0.4) is 0 Å². The van der Waals surface area contributed by atoms with Gasteiger partial charge in [-0.1, -0.05) is 26.7 Å². The third-order valence-corrected chi connectivity index (χ3v) is 2.42. The van der Waals surface area contributed by atoms with E-state index in [1.165, 1.54) is 25.7 Å². The van der Waals surface area contributed by atoms with Crippen molar-refractivity contribution >= 4 is 0 Å². The number of nitrogens with one attached hydrogen (secondary N) is 1. The molecule has 0 radical (unpaired) electrons. The molecule has 2 heteroatoms. The quantitative estimate of drug-likeness (QED) is 0.543. The number of hydrogen-bond acceptors (Lipinski definition) is 2. The molecule has 0 bridgehead atoms. The second-order valence-electron chi connectivity index (χ2n) is 3.63. The molecule has 80 valence electrons. The summed E-state index contributed by atoms with van der Waals surface area (Å²) in [6.45, 7) is 5.86. The van der Waals surface area contributed by atoms with Crippen molar-refractivity contribution in [1.29, 1.82) is 0 Å². The van der Waals surface area contributed by atoms with Crippen molar-refractivity contribution < 1.29 is 5.11 Å². The normalized spacial score (nSPS) is 13.2. The Labute approximate surface area is 82.7 Å². The zero-order valence-electron chi connectivity index (χ0n) is 9.18. The van der Waals surface area contributed by atoms with Crippen molar-refractivity contribution in [3.05, 3.63) is 0 Å². The minimum Gasteiger partial charge on any atom is -0.396 e. The maximum Gasteiger partial charge on any atom is 0.0431 e. The van der Waals surface area contributed by atoms with Crippen LogP contribution in [0.25, 0.3) is 0 Å². The van der Waals surface area contributed by atoms with Gasteiger partial charge in [0.25, 0.3) is 0 Å². The highest BCUT2D eigenvalue weighted by Gasteiger charge is 2.02. The van der Waals surface area contributed by atoms with Gasteiger partial charge in [0, 0.05) is 12.6 Å². The van der Waals surface area contributed by atoms with E-state index in [1.54, 1.807) is 0 Å². The smallest absolute Gasteiger partial charge is 0.0431 e. The first-order valence-electron chi connectivity index (χ1n) is 5.69. The molecule has 0 heterocycles. The number of rotatable bonds is 9. The van der Waals surface area contributed by atoms with Crippen LogP contribution in [0.5, 0.6) is 0 Å². The van der Waals surface area contributed by atoms with E-state index in [0.717, 1.165) is 19.4 Å². The van der Waals surface area contributed by atoms with Crippen molar-refractivity contribution in [3.63, 3.8) is 0 Å². The second kappa shape index (κ2) is 10.0. The van der Waals surface area contributed by atoms with Crippen LogP contribution in [0.2, 0.25) is 0 Å². The van der Waals surface area contributed by atoms with Gasteiger partial charge < -0.3 is 10.4 Å². The van der Waals surface area contributed by atoms with Gasteiger partial charge in [0.1, 0.15) is 0 Å². The fourth-order valence-electron chi connectivity index (χ4n) is 1.44. The Morgan fingerprint density at radius 1 is 1.15 bits per heavy atom. The minimum absolute atomic E-state index is 0.327. The van der Waals surface area contributed by atoms with E-state index in [2.05, 4.69) is 19.2 Å². The lowest BCUT2D eigenvalue weighted by molar-refractivity contribution is 0.282. The second-order valence-corrected chi connectivity index (χ2v) is 3.63. The van der Waals surface area contributed by atoms with E-state index in [4.69, 9.17) is 5.11 Å². The van der Waals surface area contributed by atoms with Gasteiger partial charge >= 0.3 is 0 Å². The predicted molar refractivity (Wildman–Crippen MR) is 57.9 cm³/mol. The fraction of sp³-hybridized carbons (Fsp3) is 1.00. The molecule has 0 saturated carbocycles. The Bertz CT molecular complexity index is 96.1. The largest absolute Gasteiger partial charge is 0.396 e. The third kappa shape index (κ3) is 8.26. The van der Waals surface area contributed by atoms with Gasteiger partial charge in [0.05, 0.1) is 0 Å². The van der Waals surface area contributed by atoms with Gasteiger partial charge in [-0.2, -0.15) is 0 Å². The number of aliphatic hydroxyl groups is 1. The van der Waals surface area contributed by atoms with E-state index >= 15 is 0 Å². The van der Waals surface area contributed by atoms with Crippen LogP contribution in [0.1, 0.15) is 52.4 Å². The molecule has 0 saturated heterocycles. The lowest BCUT2D eigenvalue weighted by atomic mass is 10.1. The summed E-state index contributed by atoms with van der Waals surface area (Å²) >= 11 is 0. The lowest BCUT2D eigenvalue weighted by Gasteiger charge is -2.16. The Balaban J connectivity index is 3.25. The standard InChI is InChI=1S/C11H25NO/c1-3-5-8-11(4-2)12-9-6-7-10-13/h11-13H,3-10H2,1-2H3. The van der Waals surface area contributed by atoms with Crippen LogP contribution in [0.15, 0.2) is 0 Å². The van der Waals surface area contributed by atoms with Crippen LogP contribution in [-0.2, 0) is 0 Å². The molecule has 0 aliphatic rings. The van der Waals surface area contributed by atoms with Crippen molar-refractivity contribution in [2.45, 2.75) is 58.4 Å². The Hall–Kier alpha value is -0.0800. The summed E-state index contributed by atoms with van der Waals surface area (Å²) in [6.07, 6.45) is 7.15. The van der Waals surface area contributed by atoms with E-state index in [-0.39, 0.29) is 0 Å². The Morgan fingerprint density at radius 2 is 1.92 bits per heavy atom. The number of aliphatic hydroxyl groups excluding tert-OH is 1. The highest BCUT2D eigenvalue weighted by molar-refractivity contribution is 4.64. The zero-order valence-corrected chi connectivity index (χ0v) is 9.18. The van der Waals surface area contributed by atoms with E-state index in [0.29, 0.717) is 12.6 Å². The molecule has 0 aliphatic carbocycles. The van der Waals surface area contributed by atoms with Crippen molar-refractivity contribution in [1.82, 2.24) is 5.32 Å². The molecule has 0 aliphatic heterocycles.